The maximum Gasteiger partial charge on any atom is 0.270 e. The number of rotatable bonds is 4. The molecule has 0 unspecified atom stereocenters. The van der Waals surface area contributed by atoms with Gasteiger partial charge in [0.15, 0.2) is 0 Å². The molecule has 0 bridgehead atoms. The molecule has 20 heavy (non-hydrogen) atoms. The number of hydrogen-bond donors (Lipinski definition) is 1. The molecule has 0 aliphatic heterocycles. The molecule has 2 aromatic rings. The molecule has 1 aliphatic rings. The van der Waals surface area contributed by atoms with Crippen LogP contribution in [-0.4, -0.2) is 39.7 Å². The molecule has 1 fully saturated rings. The molecule has 0 aromatic carbocycles. The average molecular weight is 272 g/mol. The summed E-state index contributed by atoms with van der Waals surface area (Å²) in [6.07, 6.45) is 7.12. The minimum atomic E-state index is -0.147. The molecule has 6 heteroatoms. The fourth-order valence-corrected chi connectivity index (χ4v) is 2.22. The van der Waals surface area contributed by atoms with Crippen LogP contribution in [0.1, 0.15) is 23.3 Å². The van der Waals surface area contributed by atoms with E-state index in [0.717, 1.165) is 12.8 Å². The number of ether oxygens (including phenoxy) is 1. The summed E-state index contributed by atoms with van der Waals surface area (Å²) >= 11 is 0. The van der Waals surface area contributed by atoms with E-state index in [1.54, 1.807) is 36.5 Å². The van der Waals surface area contributed by atoms with Crippen LogP contribution in [0.25, 0.3) is 5.82 Å². The smallest absolute Gasteiger partial charge is 0.270 e. The number of nitrogens with one attached hydrogen (secondary N) is 1. The van der Waals surface area contributed by atoms with Crippen molar-refractivity contribution in [1.82, 2.24) is 19.9 Å². The van der Waals surface area contributed by atoms with Crippen molar-refractivity contribution in [3.8, 4) is 5.82 Å². The van der Waals surface area contributed by atoms with Crippen molar-refractivity contribution in [3.05, 3.63) is 42.6 Å². The summed E-state index contributed by atoms with van der Waals surface area (Å²) in [5.74, 6) is 0.532. The van der Waals surface area contributed by atoms with Crippen LogP contribution in [-0.2, 0) is 4.74 Å². The zero-order chi connectivity index (χ0) is 13.9. The SMILES string of the molecule is CO[C@H]1C[C@H](NC(=O)c2cccc(-n3ccnc3)n2)C1. The zero-order valence-corrected chi connectivity index (χ0v) is 11.2. The maximum atomic E-state index is 12.1. The Kier molecular flexibility index (Phi) is 3.47. The first-order chi connectivity index (χ1) is 9.76. The number of nitrogens with zero attached hydrogens (tertiary/aromatic N) is 3. The van der Waals surface area contributed by atoms with Crippen LogP contribution in [0, 0.1) is 0 Å². The van der Waals surface area contributed by atoms with Gasteiger partial charge in [-0.3, -0.25) is 9.36 Å². The van der Waals surface area contributed by atoms with Crippen molar-refractivity contribution in [2.75, 3.05) is 7.11 Å². The predicted molar refractivity (Wildman–Crippen MR) is 72.6 cm³/mol. The fraction of sp³-hybridized carbons (Fsp3) is 0.357. The average Bonchev–Trinajstić information content (AvgIpc) is 2.96. The lowest BCUT2D eigenvalue weighted by Gasteiger charge is -2.34. The second kappa shape index (κ2) is 5.42. The molecule has 2 aromatic heterocycles. The number of amides is 1. The molecule has 0 saturated heterocycles. The van der Waals surface area contributed by atoms with Crippen molar-refractivity contribution >= 4 is 5.91 Å². The highest BCUT2D eigenvalue weighted by Gasteiger charge is 2.30. The number of imidazole rings is 1. The summed E-state index contributed by atoms with van der Waals surface area (Å²) in [4.78, 5) is 20.4. The Morgan fingerprint density at radius 2 is 2.30 bits per heavy atom. The Hall–Kier alpha value is -2.21. The van der Waals surface area contributed by atoms with Gasteiger partial charge in [-0.25, -0.2) is 9.97 Å². The molecule has 1 amide bonds. The molecule has 104 valence electrons. The third kappa shape index (κ3) is 2.55. The Morgan fingerprint density at radius 1 is 1.45 bits per heavy atom. The summed E-state index contributed by atoms with van der Waals surface area (Å²) in [6, 6.07) is 5.55. The van der Waals surface area contributed by atoms with Crippen LogP contribution in [0.2, 0.25) is 0 Å². The second-order valence-electron chi connectivity index (χ2n) is 4.85. The monoisotopic (exact) mass is 272 g/mol. The van der Waals surface area contributed by atoms with Crippen LogP contribution in [0.3, 0.4) is 0 Å². The highest BCUT2D eigenvalue weighted by molar-refractivity contribution is 5.92. The van der Waals surface area contributed by atoms with E-state index in [9.17, 15) is 4.79 Å². The van der Waals surface area contributed by atoms with Gasteiger partial charge in [0.25, 0.3) is 5.91 Å². The largest absolute Gasteiger partial charge is 0.381 e. The topological polar surface area (TPSA) is 69.0 Å². The summed E-state index contributed by atoms with van der Waals surface area (Å²) in [5.41, 5.74) is 0.414. The van der Waals surface area contributed by atoms with Crippen molar-refractivity contribution < 1.29 is 9.53 Å². The van der Waals surface area contributed by atoms with Gasteiger partial charge in [-0.15, -0.1) is 0 Å². The number of carbonyl (C=O) groups excluding carboxylic acids is 1. The summed E-state index contributed by atoms with van der Waals surface area (Å²) in [6.45, 7) is 0. The number of aromatic nitrogens is 3. The van der Waals surface area contributed by atoms with Gasteiger partial charge in [0.1, 0.15) is 17.8 Å². The minimum absolute atomic E-state index is 0.147. The Bertz CT molecular complexity index is 591. The van der Waals surface area contributed by atoms with Gasteiger partial charge >= 0.3 is 0 Å². The van der Waals surface area contributed by atoms with Crippen LogP contribution in [0.15, 0.2) is 36.9 Å². The van der Waals surface area contributed by atoms with Gasteiger partial charge in [-0.2, -0.15) is 0 Å². The summed E-state index contributed by atoms with van der Waals surface area (Å²) in [5, 5.41) is 2.96. The molecule has 3 rings (SSSR count). The van der Waals surface area contributed by atoms with E-state index in [-0.39, 0.29) is 18.1 Å². The Labute approximate surface area is 116 Å². The van der Waals surface area contributed by atoms with Gasteiger partial charge in [0, 0.05) is 25.5 Å². The Balaban J connectivity index is 1.68. The predicted octanol–water partition coefficient (Wildman–Crippen LogP) is 1.17. The van der Waals surface area contributed by atoms with Gasteiger partial charge in [-0.05, 0) is 25.0 Å². The van der Waals surface area contributed by atoms with E-state index >= 15 is 0 Å². The number of pyridine rings is 1. The van der Waals surface area contributed by atoms with E-state index in [2.05, 4.69) is 15.3 Å². The second-order valence-corrected chi connectivity index (χ2v) is 4.85. The molecule has 1 saturated carbocycles. The third-order valence-electron chi connectivity index (χ3n) is 3.50. The van der Waals surface area contributed by atoms with Gasteiger partial charge in [0.2, 0.25) is 0 Å². The zero-order valence-electron chi connectivity index (χ0n) is 11.2. The normalized spacial score (nSPS) is 21.2. The number of methoxy groups -OCH3 is 1. The molecule has 2 heterocycles. The van der Waals surface area contributed by atoms with Crippen molar-refractivity contribution in [2.24, 2.45) is 0 Å². The molecule has 1 aliphatic carbocycles. The van der Waals surface area contributed by atoms with Crippen LogP contribution < -0.4 is 5.32 Å². The van der Waals surface area contributed by atoms with Crippen molar-refractivity contribution in [1.29, 1.82) is 0 Å². The first-order valence-electron chi connectivity index (χ1n) is 6.55. The van der Waals surface area contributed by atoms with Crippen molar-refractivity contribution in [3.63, 3.8) is 0 Å². The quantitative estimate of drug-likeness (QED) is 0.907. The van der Waals surface area contributed by atoms with Gasteiger partial charge in [-0.1, -0.05) is 6.07 Å². The van der Waals surface area contributed by atoms with E-state index in [1.165, 1.54) is 0 Å². The molecule has 1 N–H and O–H groups in total. The highest BCUT2D eigenvalue weighted by atomic mass is 16.5. The lowest BCUT2D eigenvalue weighted by Crippen LogP contribution is -2.47. The van der Waals surface area contributed by atoms with E-state index in [4.69, 9.17) is 4.74 Å². The van der Waals surface area contributed by atoms with Gasteiger partial charge < -0.3 is 10.1 Å². The number of hydrogen-bond acceptors (Lipinski definition) is 4. The van der Waals surface area contributed by atoms with E-state index < -0.39 is 0 Å². The lowest BCUT2D eigenvalue weighted by atomic mass is 9.89. The Morgan fingerprint density at radius 3 is 3.00 bits per heavy atom. The third-order valence-corrected chi connectivity index (χ3v) is 3.50. The lowest BCUT2D eigenvalue weighted by molar-refractivity contribution is 0.0175. The summed E-state index contributed by atoms with van der Waals surface area (Å²) < 4.78 is 6.96. The first-order valence-corrected chi connectivity index (χ1v) is 6.55. The molecule has 0 spiro atoms. The molecule has 6 nitrogen and oxygen atoms in total. The van der Waals surface area contributed by atoms with E-state index in [1.807, 2.05) is 12.1 Å². The van der Waals surface area contributed by atoms with Crippen LogP contribution >= 0.6 is 0 Å². The van der Waals surface area contributed by atoms with Gasteiger partial charge in [0.05, 0.1) is 6.10 Å². The molecular formula is C14H16N4O2. The van der Waals surface area contributed by atoms with E-state index in [0.29, 0.717) is 11.5 Å². The molecule has 0 atom stereocenters. The van der Waals surface area contributed by atoms with Crippen LogP contribution in [0.5, 0.6) is 0 Å². The summed E-state index contributed by atoms with van der Waals surface area (Å²) in [7, 11) is 1.69. The maximum absolute atomic E-state index is 12.1. The van der Waals surface area contributed by atoms with Crippen LogP contribution in [0.4, 0.5) is 0 Å². The molecule has 0 radical (unpaired) electrons. The first kappa shape index (κ1) is 12.8. The standard InChI is InChI=1S/C14H16N4O2/c1-20-11-7-10(8-11)16-14(19)12-3-2-4-13(17-12)18-6-5-15-9-18/h2-6,9-11H,7-8H2,1H3,(H,16,19)/t10-,11-. The minimum Gasteiger partial charge on any atom is -0.381 e. The fourth-order valence-electron chi connectivity index (χ4n) is 2.22. The van der Waals surface area contributed by atoms with Crippen molar-refractivity contribution in [2.45, 2.75) is 25.0 Å². The number of carbonyl (C=O) groups is 1. The molecular weight excluding hydrogens is 256 g/mol. The highest BCUT2D eigenvalue weighted by Crippen LogP contribution is 2.22.